The van der Waals surface area contributed by atoms with Crippen LogP contribution in [-0.4, -0.2) is 38.1 Å². The molecule has 0 spiro atoms. The zero-order valence-corrected chi connectivity index (χ0v) is 18.0. The Hall–Kier alpha value is -2.74. The molecule has 31 heavy (non-hydrogen) atoms. The van der Waals surface area contributed by atoms with Crippen molar-refractivity contribution in [2.45, 2.75) is 18.9 Å². The van der Waals surface area contributed by atoms with Gasteiger partial charge in [0.1, 0.15) is 5.82 Å². The van der Waals surface area contributed by atoms with Crippen LogP contribution in [-0.2, 0) is 0 Å². The molecule has 1 aliphatic rings. The summed E-state index contributed by atoms with van der Waals surface area (Å²) in [6.07, 6.45) is 11.3. The summed E-state index contributed by atoms with van der Waals surface area (Å²) in [5.74, 6) is -0.521. The first-order valence-electron chi connectivity index (χ1n) is 10.0. The Morgan fingerprint density at radius 2 is 1.94 bits per heavy atom. The number of rotatable bonds is 4. The van der Waals surface area contributed by atoms with Gasteiger partial charge in [0.15, 0.2) is 5.65 Å². The van der Waals surface area contributed by atoms with Crippen molar-refractivity contribution < 1.29 is 4.39 Å². The number of hydrogen-bond acceptors (Lipinski definition) is 4. The minimum Gasteiger partial charge on any atom is -0.317 e. The average Bonchev–Trinajstić information content (AvgIpc) is 3.44. The molecule has 4 heterocycles. The van der Waals surface area contributed by atoms with E-state index in [2.05, 4.69) is 31.8 Å². The largest absolute Gasteiger partial charge is 0.317 e. The summed E-state index contributed by atoms with van der Waals surface area (Å²) in [4.78, 5) is 4.49. The second kappa shape index (κ2) is 8.42. The van der Waals surface area contributed by atoms with Crippen LogP contribution in [0.2, 0.25) is 10.0 Å². The van der Waals surface area contributed by atoms with Crippen molar-refractivity contribution in [2.24, 2.45) is 0 Å². The number of nitrogens with zero attached hydrogens (tertiary/aromatic N) is 4. The summed E-state index contributed by atoms with van der Waals surface area (Å²) >= 11 is 12.2. The molecule has 158 valence electrons. The van der Waals surface area contributed by atoms with E-state index in [0.29, 0.717) is 28.0 Å². The van der Waals surface area contributed by atoms with E-state index in [9.17, 15) is 4.39 Å². The van der Waals surface area contributed by atoms with Crippen molar-refractivity contribution in [3.05, 3.63) is 63.9 Å². The highest BCUT2D eigenvalue weighted by atomic mass is 35.5. The van der Waals surface area contributed by atoms with Crippen LogP contribution in [0.25, 0.3) is 34.3 Å². The molecule has 1 aromatic carbocycles. The van der Waals surface area contributed by atoms with Crippen molar-refractivity contribution in [3.63, 3.8) is 0 Å². The van der Waals surface area contributed by atoms with Gasteiger partial charge in [0.05, 0.1) is 23.0 Å². The standard InChI is InChI=1S/C22H19Cl2FN6/c23-18-2-3-19(25)21(24)16(18)1-4-20-17-9-13(10-27-22(17)30-29-20)14-11-28-31(12-14)15-5-7-26-8-6-15/h1-4,9-12,15,26H,5-8H2,(H,27,29,30)/b4-1+. The number of piperidine rings is 1. The molecule has 0 unspecified atom stereocenters. The van der Waals surface area contributed by atoms with Gasteiger partial charge in [0.25, 0.3) is 0 Å². The highest BCUT2D eigenvalue weighted by molar-refractivity contribution is 6.37. The topological polar surface area (TPSA) is 71.4 Å². The van der Waals surface area contributed by atoms with Crippen LogP contribution in [0, 0.1) is 5.82 Å². The molecule has 0 bridgehead atoms. The summed E-state index contributed by atoms with van der Waals surface area (Å²) in [5, 5.41) is 16.4. The van der Waals surface area contributed by atoms with Crippen molar-refractivity contribution in [1.29, 1.82) is 0 Å². The minimum atomic E-state index is -0.521. The Morgan fingerprint density at radius 3 is 2.77 bits per heavy atom. The maximum Gasteiger partial charge on any atom is 0.155 e. The third-order valence-corrected chi connectivity index (χ3v) is 6.26. The third kappa shape index (κ3) is 3.96. The van der Waals surface area contributed by atoms with Crippen LogP contribution in [0.4, 0.5) is 4.39 Å². The predicted molar refractivity (Wildman–Crippen MR) is 122 cm³/mol. The average molecular weight is 457 g/mol. The molecule has 0 amide bonds. The number of benzene rings is 1. The Balaban J connectivity index is 1.47. The molecule has 5 rings (SSSR count). The van der Waals surface area contributed by atoms with E-state index in [1.807, 2.05) is 16.9 Å². The SMILES string of the molecule is Fc1ccc(Cl)c(/C=C/c2n[nH]c3ncc(-c4cnn(C5CCNCC5)c4)cc23)c1Cl. The summed E-state index contributed by atoms with van der Waals surface area (Å²) < 4.78 is 15.8. The van der Waals surface area contributed by atoms with E-state index in [-0.39, 0.29) is 5.02 Å². The molecule has 9 heteroatoms. The van der Waals surface area contributed by atoms with Crippen molar-refractivity contribution >= 4 is 46.4 Å². The van der Waals surface area contributed by atoms with Gasteiger partial charge >= 0.3 is 0 Å². The predicted octanol–water partition coefficient (Wildman–Crippen LogP) is 5.36. The molecule has 6 nitrogen and oxygen atoms in total. The van der Waals surface area contributed by atoms with Gasteiger partial charge in [-0.1, -0.05) is 23.2 Å². The van der Waals surface area contributed by atoms with Gasteiger partial charge in [-0.2, -0.15) is 10.2 Å². The van der Waals surface area contributed by atoms with Gasteiger partial charge in [0, 0.05) is 39.5 Å². The Kier molecular flexibility index (Phi) is 5.48. The van der Waals surface area contributed by atoms with Gasteiger partial charge in [0.2, 0.25) is 0 Å². The molecule has 1 fully saturated rings. The van der Waals surface area contributed by atoms with Crippen LogP contribution in [0.3, 0.4) is 0 Å². The lowest BCUT2D eigenvalue weighted by Crippen LogP contribution is -2.29. The van der Waals surface area contributed by atoms with Crippen LogP contribution in [0.5, 0.6) is 0 Å². The van der Waals surface area contributed by atoms with Gasteiger partial charge < -0.3 is 5.32 Å². The second-order valence-electron chi connectivity index (χ2n) is 7.51. The molecule has 0 radical (unpaired) electrons. The van der Waals surface area contributed by atoms with Crippen LogP contribution < -0.4 is 5.32 Å². The first-order chi connectivity index (χ1) is 15.1. The number of aromatic amines is 1. The Morgan fingerprint density at radius 1 is 1.10 bits per heavy atom. The van der Waals surface area contributed by atoms with Gasteiger partial charge in [-0.05, 0) is 56.3 Å². The van der Waals surface area contributed by atoms with Crippen molar-refractivity contribution in [2.75, 3.05) is 13.1 Å². The lowest BCUT2D eigenvalue weighted by atomic mass is 10.1. The number of pyridine rings is 1. The van der Waals surface area contributed by atoms with Gasteiger partial charge in [-0.15, -0.1) is 0 Å². The first kappa shape index (κ1) is 20.2. The zero-order valence-electron chi connectivity index (χ0n) is 16.4. The quantitative estimate of drug-likeness (QED) is 0.405. The van der Waals surface area contributed by atoms with Crippen molar-refractivity contribution in [3.8, 4) is 11.1 Å². The van der Waals surface area contributed by atoms with Crippen LogP contribution in [0.1, 0.15) is 30.1 Å². The normalized spacial score (nSPS) is 15.3. The first-order valence-corrected chi connectivity index (χ1v) is 10.8. The number of fused-ring (bicyclic) bond motifs is 1. The molecule has 4 aromatic rings. The lowest BCUT2D eigenvalue weighted by Gasteiger charge is -2.22. The molecule has 1 saturated heterocycles. The summed E-state index contributed by atoms with van der Waals surface area (Å²) in [6, 6.07) is 5.15. The van der Waals surface area contributed by atoms with E-state index in [0.717, 1.165) is 42.4 Å². The number of nitrogens with one attached hydrogen (secondary N) is 2. The van der Waals surface area contributed by atoms with E-state index in [1.54, 1.807) is 18.3 Å². The summed E-state index contributed by atoms with van der Waals surface area (Å²) in [7, 11) is 0. The van der Waals surface area contributed by atoms with E-state index < -0.39 is 5.82 Å². The molecule has 3 aromatic heterocycles. The van der Waals surface area contributed by atoms with Crippen molar-refractivity contribution in [1.82, 2.24) is 30.3 Å². The summed E-state index contributed by atoms with van der Waals surface area (Å²) in [5.41, 5.74) is 3.68. The number of aromatic nitrogens is 5. The van der Waals surface area contributed by atoms with Gasteiger partial charge in [-0.3, -0.25) is 9.78 Å². The van der Waals surface area contributed by atoms with E-state index in [1.165, 1.54) is 12.1 Å². The summed E-state index contributed by atoms with van der Waals surface area (Å²) in [6.45, 7) is 2.02. The van der Waals surface area contributed by atoms with Crippen LogP contribution in [0.15, 0.2) is 36.8 Å². The molecular weight excluding hydrogens is 438 g/mol. The molecule has 0 saturated carbocycles. The monoisotopic (exact) mass is 456 g/mol. The highest BCUT2D eigenvalue weighted by Gasteiger charge is 2.17. The minimum absolute atomic E-state index is 0.0206. The Labute approximate surface area is 188 Å². The van der Waals surface area contributed by atoms with Gasteiger partial charge in [-0.25, -0.2) is 9.37 Å². The number of hydrogen-bond donors (Lipinski definition) is 2. The smallest absolute Gasteiger partial charge is 0.155 e. The fourth-order valence-electron chi connectivity index (χ4n) is 3.82. The maximum atomic E-state index is 13.8. The lowest BCUT2D eigenvalue weighted by molar-refractivity contribution is 0.343. The zero-order chi connectivity index (χ0) is 21.4. The molecule has 1 aliphatic heterocycles. The number of H-pyrrole nitrogens is 1. The molecular formula is C22H19Cl2FN6. The van der Waals surface area contributed by atoms with Crippen LogP contribution >= 0.6 is 23.2 Å². The third-order valence-electron chi connectivity index (χ3n) is 5.55. The fourth-order valence-corrected chi connectivity index (χ4v) is 4.32. The van der Waals surface area contributed by atoms with E-state index in [4.69, 9.17) is 23.2 Å². The Bertz CT molecular complexity index is 1270. The molecule has 0 aliphatic carbocycles. The second-order valence-corrected chi connectivity index (χ2v) is 8.29. The fraction of sp³-hybridized carbons (Fsp3) is 0.227. The number of halogens is 3. The molecule has 2 N–H and O–H groups in total. The highest BCUT2D eigenvalue weighted by Crippen LogP contribution is 2.30. The maximum absolute atomic E-state index is 13.8. The molecule has 0 atom stereocenters. The van der Waals surface area contributed by atoms with E-state index >= 15 is 0 Å².